The molecule has 0 atom stereocenters. The lowest BCUT2D eigenvalue weighted by Gasteiger charge is -2.20. The van der Waals surface area contributed by atoms with Gasteiger partial charge in [0.2, 0.25) is 0 Å². The maximum Gasteiger partial charge on any atom is 0.195 e. The number of nitrogens with two attached hydrogens (primary N) is 3. The maximum atomic E-state index is 5.72. The van der Waals surface area contributed by atoms with Gasteiger partial charge >= 0.3 is 0 Å². The van der Waals surface area contributed by atoms with Crippen molar-refractivity contribution in [3.05, 3.63) is 29.3 Å². The van der Waals surface area contributed by atoms with Crippen molar-refractivity contribution >= 4 is 11.6 Å². The van der Waals surface area contributed by atoms with Gasteiger partial charge in [-0.05, 0) is 42.9 Å². The van der Waals surface area contributed by atoms with Crippen LogP contribution < -0.4 is 22.5 Å². The molecule has 0 saturated carbocycles. The SMILES string of the molecule is N/C(=N\C(N)N)Nc1cccc2c1CCCC2. The van der Waals surface area contributed by atoms with Crippen LogP contribution in [0.2, 0.25) is 0 Å². The molecule has 0 aliphatic heterocycles. The van der Waals surface area contributed by atoms with Gasteiger partial charge in [0.1, 0.15) is 0 Å². The number of benzene rings is 1. The molecule has 5 heteroatoms. The Hall–Kier alpha value is -1.59. The number of nitrogens with one attached hydrogen (secondary N) is 1. The molecule has 1 aromatic carbocycles. The molecule has 0 radical (unpaired) electrons. The standard InChI is InChI=1S/C12H19N5/c13-11(14)17-12(15)16-10-7-3-5-8-4-1-2-6-9(8)10/h3,5,7,11H,1-2,4,6,13-14H2,(H3,15,16,17). The van der Waals surface area contributed by atoms with E-state index in [1.54, 1.807) is 0 Å². The fraction of sp³-hybridized carbons (Fsp3) is 0.417. The highest BCUT2D eigenvalue weighted by Gasteiger charge is 2.13. The lowest BCUT2D eigenvalue weighted by molar-refractivity contribution is 0.687. The Bertz CT molecular complexity index is 425. The van der Waals surface area contributed by atoms with Gasteiger partial charge in [0, 0.05) is 5.69 Å². The molecule has 0 bridgehead atoms. The number of nitrogens with zero attached hydrogens (tertiary/aromatic N) is 1. The molecule has 0 heterocycles. The summed E-state index contributed by atoms with van der Waals surface area (Å²) in [5.74, 6) is 0.263. The Morgan fingerprint density at radius 1 is 1.24 bits per heavy atom. The average Bonchev–Trinajstić information content (AvgIpc) is 2.28. The van der Waals surface area contributed by atoms with E-state index in [1.807, 2.05) is 12.1 Å². The zero-order valence-corrected chi connectivity index (χ0v) is 9.82. The van der Waals surface area contributed by atoms with E-state index in [2.05, 4.69) is 16.4 Å². The summed E-state index contributed by atoms with van der Waals surface area (Å²) in [6.07, 6.45) is 3.92. The summed E-state index contributed by atoms with van der Waals surface area (Å²) in [5.41, 5.74) is 20.2. The first-order valence-corrected chi connectivity index (χ1v) is 5.89. The van der Waals surface area contributed by atoms with Crippen LogP contribution in [0.1, 0.15) is 24.0 Å². The predicted molar refractivity (Wildman–Crippen MR) is 70.5 cm³/mol. The fourth-order valence-corrected chi connectivity index (χ4v) is 2.23. The lowest BCUT2D eigenvalue weighted by atomic mass is 9.90. The van der Waals surface area contributed by atoms with Gasteiger partial charge in [0.15, 0.2) is 12.2 Å². The van der Waals surface area contributed by atoms with E-state index in [0.29, 0.717) is 0 Å². The first kappa shape index (κ1) is 11.9. The van der Waals surface area contributed by atoms with Crippen molar-refractivity contribution in [2.24, 2.45) is 22.2 Å². The second-order valence-electron chi connectivity index (χ2n) is 4.28. The minimum Gasteiger partial charge on any atom is -0.370 e. The van der Waals surface area contributed by atoms with Crippen LogP contribution in [0.25, 0.3) is 0 Å². The third-order valence-corrected chi connectivity index (χ3v) is 2.95. The summed E-state index contributed by atoms with van der Waals surface area (Å²) in [6.45, 7) is 0. The van der Waals surface area contributed by atoms with Gasteiger partial charge in [0.05, 0.1) is 0 Å². The van der Waals surface area contributed by atoms with Crippen LogP contribution in [-0.2, 0) is 12.8 Å². The smallest absolute Gasteiger partial charge is 0.195 e. The number of rotatable bonds is 2. The Morgan fingerprint density at radius 3 is 2.76 bits per heavy atom. The summed E-state index contributed by atoms with van der Waals surface area (Å²) in [5, 5.41) is 3.07. The van der Waals surface area contributed by atoms with Crippen molar-refractivity contribution in [1.29, 1.82) is 0 Å². The molecule has 0 spiro atoms. The van der Waals surface area contributed by atoms with Crippen LogP contribution in [0.3, 0.4) is 0 Å². The second kappa shape index (κ2) is 5.16. The first-order valence-electron chi connectivity index (χ1n) is 5.89. The third kappa shape index (κ3) is 2.95. The van der Waals surface area contributed by atoms with Crippen LogP contribution >= 0.6 is 0 Å². The van der Waals surface area contributed by atoms with Gasteiger partial charge in [0.25, 0.3) is 0 Å². The highest BCUT2D eigenvalue weighted by molar-refractivity contribution is 5.93. The molecule has 5 nitrogen and oxygen atoms in total. The van der Waals surface area contributed by atoms with Gasteiger partial charge in [-0.25, -0.2) is 4.99 Å². The first-order chi connectivity index (χ1) is 8.16. The minimum absolute atomic E-state index is 0.263. The van der Waals surface area contributed by atoms with E-state index in [9.17, 15) is 0 Å². The van der Waals surface area contributed by atoms with E-state index in [1.165, 1.54) is 24.0 Å². The number of fused-ring (bicyclic) bond motifs is 1. The Morgan fingerprint density at radius 2 is 2.00 bits per heavy atom. The van der Waals surface area contributed by atoms with E-state index in [4.69, 9.17) is 17.2 Å². The van der Waals surface area contributed by atoms with Crippen molar-refractivity contribution in [2.75, 3.05) is 5.32 Å². The largest absolute Gasteiger partial charge is 0.370 e. The number of aryl methyl sites for hydroxylation is 1. The van der Waals surface area contributed by atoms with Crippen molar-refractivity contribution in [2.45, 2.75) is 32.0 Å². The summed E-state index contributed by atoms with van der Waals surface area (Å²) in [6, 6.07) is 6.21. The van der Waals surface area contributed by atoms with Gasteiger partial charge in [-0.15, -0.1) is 0 Å². The molecule has 2 rings (SSSR count). The molecule has 1 aliphatic carbocycles. The molecular weight excluding hydrogens is 214 g/mol. The molecule has 0 fully saturated rings. The monoisotopic (exact) mass is 233 g/mol. The maximum absolute atomic E-state index is 5.72. The molecule has 7 N–H and O–H groups in total. The number of hydrogen-bond donors (Lipinski definition) is 4. The van der Waals surface area contributed by atoms with Crippen molar-refractivity contribution in [3.8, 4) is 0 Å². The van der Waals surface area contributed by atoms with Crippen LogP contribution in [-0.4, -0.2) is 12.2 Å². The average molecular weight is 233 g/mol. The minimum atomic E-state index is -0.776. The summed E-state index contributed by atoms with van der Waals surface area (Å²) in [4.78, 5) is 3.86. The molecule has 1 aliphatic rings. The molecule has 0 aromatic heterocycles. The lowest BCUT2D eigenvalue weighted by Crippen LogP contribution is -2.34. The van der Waals surface area contributed by atoms with E-state index < -0.39 is 6.29 Å². The Balaban J connectivity index is 2.21. The third-order valence-electron chi connectivity index (χ3n) is 2.95. The number of hydrogen-bond acceptors (Lipinski definition) is 3. The molecule has 17 heavy (non-hydrogen) atoms. The van der Waals surface area contributed by atoms with E-state index in [-0.39, 0.29) is 5.96 Å². The summed E-state index contributed by atoms with van der Waals surface area (Å²) >= 11 is 0. The molecular formula is C12H19N5. The van der Waals surface area contributed by atoms with Crippen LogP contribution in [0, 0.1) is 0 Å². The zero-order valence-electron chi connectivity index (χ0n) is 9.82. The van der Waals surface area contributed by atoms with Crippen LogP contribution in [0.4, 0.5) is 5.69 Å². The fourth-order valence-electron chi connectivity index (χ4n) is 2.23. The van der Waals surface area contributed by atoms with Gasteiger partial charge in [-0.2, -0.15) is 0 Å². The highest BCUT2D eigenvalue weighted by atomic mass is 15.2. The van der Waals surface area contributed by atoms with Crippen molar-refractivity contribution in [1.82, 2.24) is 0 Å². The number of guanidine groups is 1. The quantitative estimate of drug-likeness (QED) is 0.339. The van der Waals surface area contributed by atoms with Gasteiger partial charge in [-0.1, -0.05) is 12.1 Å². The summed E-state index contributed by atoms with van der Waals surface area (Å²) < 4.78 is 0. The van der Waals surface area contributed by atoms with Crippen LogP contribution in [0.15, 0.2) is 23.2 Å². The Labute approximate surface area is 101 Å². The Kier molecular flexibility index (Phi) is 3.61. The summed E-state index contributed by atoms with van der Waals surface area (Å²) in [7, 11) is 0. The molecule has 1 aromatic rings. The predicted octanol–water partition coefficient (Wildman–Crippen LogP) is 0.493. The second-order valence-corrected chi connectivity index (χ2v) is 4.28. The topological polar surface area (TPSA) is 102 Å². The van der Waals surface area contributed by atoms with Crippen molar-refractivity contribution < 1.29 is 0 Å². The molecule has 0 unspecified atom stereocenters. The normalized spacial score (nSPS) is 15.8. The number of anilines is 1. The number of aliphatic imine (C=N–C) groups is 1. The van der Waals surface area contributed by atoms with Gasteiger partial charge < -0.3 is 11.1 Å². The molecule has 0 saturated heterocycles. The van der Waals surface area contributed by atoms with E-state index in [0.717, 1.165) is 18.5 Å². The van der Waals surface area contributed by atoms with E-state index >= 15 is 0 Å². The van der Waals surface area contributed by atoms with Crippen molar-refractivity contribution in [3.63, 3.8) is 0 Å². The molecule has 92 valence electrons. The molecule has 0 amide bonds. The highest BCUT2D eigenvalue weighted by Crippen LogP contribution is 2.27. The van der Waals surface area contributed by atoms with Gasteiger partial charge in [-0.3, -0.25) is 11.5 Å². The van der Waals surface area contributed by atoms with Crippen LogP contribution in [0.5, 0.6) is 0 Å². The zero-order chi connectivity index (χ0) is 12.3.